The number of carbonyl (C=O) groups is 1. The van der Waals surface area contributed by atoms with Gasteiger partial charge in [0.2, 0.25) is 0 Å². The Kier molecular flexibility index (Phi) is 4.86. The standard InChI is InChI=1S/C16H14N2O8S/c19-16(20)10-17(12-3-6-14-15(9-12)26-8-7-25-14)27(23,24)13-4-1-11(2-5-13)18(21)22/h1-6,9H,7-8,10H2,(H,19,20). The molecule has 0 spiro atoms. The second-order valence-electron chi connectivity index (χ2n) is 5.48. The predicted molar refractivity (Wildman–Crippen MR) is 92.7 cm³/mol. The van der Waals surface area contributed by atoms with Crippen LogP contribution in [0.2, 0.25) is 0 Å². The van der Waals surface area contributed by atoms with Crippen molar-refractivity contribution in [3.63, 3.8) is 0 Å². The molecule has 0 fully saturated rings. The van der Waals surface area contributed by atoms with Crippen LogP contribution >= 0.6 is 0 Å². The van der Waals surface area contributed by atoms with E-state index in [4.69, 9.17) is 14.6 Å². The fraction of sp³-hybridized carbons (Fsp3) is 0.188. The minimum absolute atomic E-state index is 0.0694. The van der Waals surface area contributed by atoms with Crippen molar-refractivity contribution in [3.8, 4) is 11.5 Å². The van der Waals surface area contributed by atoms with Crippen LogP contribution < -0.4 is 13.8 Å². The number of hydrogen-bond acceptors (Lipinski definition) is 7. The Morgan fingerprint density at radius 3 is 2.33 bits per heavy atom. The van der Waals surface area contributed by atoms with E-state index in [9.17, 15) is 23.3 Å². The number of fused-ring (bicyclic) bond motifs is 1. The second-order valence-corrected chi connectivity index (χ2v) is 7.35. The molecule has 2 aromatic rings. The third-order valence-corrected chi connectivity index (χ3v) is 5.52. The van der Waals surface area contributed by atoms with Crippen molar-refractivity contribution >= 4 is 27.4 Å². The normalized spacial score (nSPS) is 13.0. The number of carboxylic acids is 1. The first-order chi connectivity index (χ1) is 12.8. The van der Waals surface area contributed by atoms with Crippen LogP contribution in [-0.4, -0.2) is 44.2 Å². The Bertz CT molecular complexity index is 988. The monoisotopic (exact) mass is 394 g/mol. The fourth-order valence-corrected chi connectivity index (χ4v) is 3.90. The molecule has 3 rings (SSSR count). The van der Waals surface area contributed by atoms with E-state index in [1.165, 1.54) is 18.2 Å². The van der Waals surface area contributed by atoms with Gasteiger partial charge in [-0.2, -0.15) is 0 Å². The number of benzene rings is 2. The van der Waals surface area contributed by atoms with Crippen molar-refractivity contribution in [2.45, 2.75) is 4.90 Å². The third-order valence-electron chi connectivity index (χ3n) is 3.73. The van der Waals surface area contributed by atoms with Gasteiger partial charge >= 0.3 is 5.97 Å². The quantitative estimate of drug-likeness (QED) is 0.577. The summed E-state index contributed by atoms with van der Waals surface area (Å²) in [5.41, 5.74) is -0.210. The van der Waals surface area contributed by atoms with E-state index < -0.39 is 27.5 Å². The molecule has 0 aromatic heterocycles. The summed E-state index contributed by atoms with van der Waals surface area (Å²) in [4.78, 5) is 21.0. The number of nitro groups is 1. The number of non-ortho nitro benzene ring substituents is 1. The maximum absolute atomic E-state index is 12.9. The van der Waals surface area contributed by atoms with Crippen LogP contribution in [0.25, 0.3) is 0 Å². The third kappa shape index (κ3) is 3.77. The minimum Gasteiger partial charge on any atom is -0.486 e. The summed E-state index contributed by atoms with van der Waals surface area (Å²) in [5, 5.41) is 19.9. The number of aliphatic carboxylic acids is 1. The van der Waals surface area contributed by atoms with Gasteiger partial charge in [0.15, 0.2) is 11.5 Å². The van der Waals surface area contributed by atoms with Gasteiger partial charge in [-0.3, -0.25) is 19.2 Å². The first kappa shape index (κ1) is 18.5. The van der Waals surface area contributed by atoms with Gasteiger partial charge in [0.1, 0.15) is 19.8 Å². The van der Waals surface area contributed by atoms with Crippen LogP contribution in [-0.2, 0) is 14.8 Å². The van der Waals surface area contributed by atoms with Crippen LogP contribution in [0, 0.1) is 10.1 Å². The number of anilines is 1. The number of ether oxygens (including phenoxy) is 2. The highest BCUT2D eigenvalue weighted by Crippen LogP contribution is 2.35. The van der Waals surface area contributed by atoms with E-state index in [1.807, 2.05) is 0 Å². The van der Waals surface area contributed by atoms with Gasteiger partial charge in [-0.25, -0.2) is 8.42 Å². The average molecular weight is 394 g/mol. The smallest absolute Gasteiger partial charge is 0.324 e. The SMILES string of the molecule is O=C(O)CN(c1ccc2c(c1)OCCO2)S(=O)(=O)c1ccc([N+](=O)[O-])cc1. The maximum atomic E-state index is 12.9. The van der Waals surface area contributed by atoms with E-state index in [-0.39, 0.29) is 22.9 Å². The first-order valence-electron chi connectivity index (χ1n) is 7.67. The van der Waals surface area contributed by atoms with E-state index in [2.05, 4.69) is 0 Å². The van der Waals surface area contributed by atoms with Crippen LogP contribution in [0.5, 0.6) is 11.5 Å². The van der Waals surface area contributed by atoms with Crippen molar-refractivity contribution in [2.24, 2.45) is 0 Å². The van der Waals surface area contributed by atoms with Crippen LogP contribution in [0.4, 0.5) is 11.4 Å². The minimum atomic E-state index is -4.28. The van der Waals surface area contributed by atoms with Crippen molar-refractivity contribution in [1.29, 1.82) is 0 Å². The lowest BCUT2D eigenvalue weighted by Crippen LogP contribution is -2.35. The maximum Gasteiger partial charge on any atom is 0.324 e. The molecule has 1 N–H and O–H groups in total. The lowest BCUT2D eigenvalue weighted by Gasteiger charge is -2.25. The zero-order valence-electron chi connectivity index (χ0n) is 13.8. The molecule has 1 aliphatic heterocycles. The zero-order valence-corrected chi connectivity index (χ0v) is 14.6. The molecule has 0 amide bonds. The molecule has 0 aliphatic carbocycles. The molecule has 1 heterocycles. The Morgan fingerprint density at radius 2 is 1.74 bits per heavy atom. The van der Waals surface area contributed by atoms with Crippen molar-refractivity contribution in [3.05, 3.63) is 52.6 Å². The highest BCUT2D eigenvalue weighted by molar-refractivity contribution is 7.92. The van der Waals surface area contributed by atoms with E-state index in [1.54, 1.807) is 0 Å². The Labute approximate surface area is 153 Å². The molecule has 1 aliphatic rings. The number of nitrogens with zero attached hydrogens (tertiary/aromatic N) is 2. The number of carboxylic acid groups (broad SMARTS) is 1. The lowest BCUT2D eigenvalue weighted by molar-refractivity contribution is -0.384. The molecular weight excluding hydrogens is 380 g/mol. The summed E-state index contributed by atoms with van der Waals surface area (Å²) in [7, 11) is -4.28. The van der Waals surface area contributed by atoms with Crippen molar-refractivity contribution in [2.75, 3.05) is 24.1 Å². The number of rotatable bonds is 6. The number of sulfonamides is 1. The molecule has 2 aromatic carbocycles. The summed E-state index contributed by atoms with van der Waals surface area (Å²) in [6.07, 6.45) is 0. The number of nitro benzene ring substituents is 1. The summed E-state index contributed by atoms with van der Waals surface area (Å²) in [5.74, 6) is -0.642. The molecule has 142 valence electrons. The molecular formula is C16H14N2O8S. The Morgan fingerprint density at radius 1 is 1.11 bits per heavy atom. The zero-order chi connectivity index (χ0) is 19.6. The topological polar surface area (TPSA) is 136 Å². The van der Waals surface area contributed by atoms with Gasteiger partial charge in [0.05, 0.1) is 15.5 Å². The van der Waals surface area contributed by atoms with Gasteiger partial charge in [-0.15, -0.1) is 0 Å². The van der Waals surface area contributed by atoms with E-state index in [0.29, 0.717) is 22.4 Å². The largest absolute Gasteiger partial charge is 0.486 e. The first-order valence-corrected chi connectivity index (χ1v) is 9.11. The summed E-state index contributed by atoms with van der Waals surface area (Å²) in [6.45, 7) is -0.199. The van der Waals surface area contributed by atoms with E-state index >= 15 is 0 Å². The molecule has 0 saturated carbocycles. The Balaban J connectivity index is 2.03. The molecule has 0 bridgehead atoms. The fourth-order valence-electron chi connectivity index (χ4n) is 2.49. The molecule has 10 nitrogen and oxygen atoms in total. The summed E-state index contributed by atoms with van der Waals surface area (Å²) >= 11 is 0. The highest BCUT2D eigenvalue weighted by Gasteiger charge is 2.29. The van der Waals surface area contributed by atoms with Crippen LogP contribution in [0.15, 0.2) is 47.4 Å². The van der Waals surface area contributed by atoms with E-state index in [0.717, 1.165) is 24.3 Å². The van der Waals surface area contributed by atoms with Gasteiger partial charge in [-0.05, 0) is 24.3 Å². The summed E-state index contributed by atoms with van der Waals surface area (Å²) < 4.78 is 37.3. The molecule has 0 unspecified atom stereocenters. The number of hydrogen-bond donors (Lipinski definition) is 1. The molecule has 0 saturated heterocycles. The average Bonchev–Trinajstić information content (AvgIpc) is 2.65. The van der Waals surface area contributed by atoms with Gasteiger partial charge < -0.3 is 14.6 Å². The lowest BCUT2D eigenvalue weighted by atomic mass is 10.2. The van der Waals surface area contributed by atoms with Gasteiger partial charge in [0.25, 0.3) is 15.7 Å². The second kappa shape index (κ2) is 7.11. The highest BCUT2D eigenvalue weighted by atomic mass is 32.2. The summed E-state index contributed by atoms with van der Waals surface area (Å²) in [6, 6.07) is 8.45. The van der Waals surface area contributed by atoms with Crippen LogP contribution in [0.3, 0.4) is 0 Å². The van der Waals surface area contributed by atoms with Gasteiger partial charge in [-0.1, -0.05) is 0 Å². The van der Waals surface area contributed by atoms with Gasteiger partial charge in [0, 0.05) is 18.2 Å². The van der Waals surface area contributed by atoms with Crippen molar-refractivity contribution < 1.29 is 32.7 Å². The predicted octanol–water partition coefficient (Wildman–Crippen LogP) is 1.65. The van der Waals surface area contributed by atoms with Crippen molar-refractivity contribution in [1.82, 2.24) is 0 Å². The molecule has 0 radical (unpaired) electrons. The van der Waals surface area contributed by atoms with Crippen LogP contribution in [0.1, 0.15) is 0 Å². The molecule has 27 heavy (non-hydrogen) atoms. The molecule has 11 heteroatoms. The Hall–Kier alpha value is -3.34. The molecule has 0 atom stereocenters.